The molecule has 1 aromatic carbocycles. The number of primary amides is 1. The van der Waals surface area contributed by atoms with Gasteiger partial charge in [0.2, 0.25) is 5.91 Å². The van der Waals surface area contributed by atoms with Crippen LogP contribution in [0.1, 0.15) is 30.1 Å². The van der Waals surface area contributed by atoms with Crippen LogP contribution in [0.25, 0.3) is 0 Å². The van der Waals surface area contributed by atoms with Crippen molar-refractivity contribution >= 4 is 27.6 Å². The first kappa shape index (κ1) is 15.9. The minimum Gasteiger partial charge on any atom is -0.369 e. The number of nitrogens with two attached hydrogens (primary N) is 1. The van der Waals surface area contributed by atoms with E-state index in [2.05, 4.69) is 22.9 Å². The maximum absolute atomic E-state index is 12.1. The summed E-state index contributed by atoms with van der Waals surface area (Å²) in [6.45, 7) is 3.12. The third-order valence-corrected chi connectivity index (χ3v) is 3.21. The molecule has 19 heavy (non-hydrogen) atoms. The number of unbranched alkanes of at least 4 members (excludes halogenated alkanes) is 1. The van der Waals surface area contributed by atoms with E-state index in [0.717, 1.165) is 17.3 Å². The Hall–Kier alpha value is -1.20. The number of ketones is 1. The van der Waals surface area contributed by atoms with Crippen molar-refractivity contribution in [2.75, 3.05) is 19.6 Å². The summed E-state index contributed by atoms with van der Waals surface area (Å²) in [5.74, 6) is -0.406. The lowest BCUT2D eigenvalue weighted by Crippen LogP contribution is -2.38. The Morgan fingerprint density at radius 3 is 2.63 bits per heavy atom. The van der Waals surface area contributed by atoms with Crippen LogP contribution in [0.15, 0.2) is 28.7 Å². The third-order valence-electron chi connectivity index (χ3n) is 2.72. The van der Waals surface area contributed by atoms with Crippen molar-refractivity contribution in [3.63, 3.8) is 0 Å². The van der Waals surface area contributed by atoms with Crippen molar-refractivity contribution in [3.8, 4) is 0 Å². The average Bonchev–Trinajstić information content (AvgIpc) is 2.35. The normalized spacial score (nSPS) is 10.7. The van der Waals surface area contributed by atoms with Crippen LogP contribution in [0.2, 0.25) is 0 Å². The number of rotatable bonds is 8. The van der Waals surface area contributed by atoms with E-state index in [1.165, 1.54) is 0 Å². The van der Waals surface area contributed by atoms with Crippen molar-refractivity contribution in [2.45, 2.75) is 19.8 Å². The van der Waals surface area contributed by atoms with Crippen LogP contribution in [0, 0.1) is 0 Å². The molecular formula is C14H19BrN2O2. The molecule has 0 unspecified atom stereocenters. The highest BCUT2D eigenvalue weighted by Gasteiger charge is 2.14. The summed E-state index contributed by atoms with van der Waals surface area (Å²) in [5, 5.41) is 0. The molecule has 104 valence electrons. The molecular weight excluding hydrogens is 308 g/mol. The monoisotopic (exact) mass is 326 g/mol. The third kappa shape index (κ3) is 5.98. The van der Waals surface area contributed by atoms with E-state index >= 15 is 0 Å². The highest BCUT2D eigenvalue weighted by Crippen LogP contribution is 2.12. The zero-order chi connectivity index (χ0) is 14.3. The van der Waals surface area contributed by atoms with Gasteiger partial charge in [-0.05, 0) is 25.1 Å². The number of hydrogen-bond donors (Lipinski definition) is 1. The van der Waals surface area contributed by atoms with Crippen molar-refractivity contribution in [1.82, 2.24) is 4.90 Å². The van der Waals surface area contributed by atoms with E-state index in [1.807, 2.05) is 12.1 Å². The molecule has 0 spiro atoms. The van der Waals surface area contributed by atoms with Gasteiger partial charge >= 0.3 is 0 Å². The Balaban J connectivity index is 2.66. The molecule has 0 bridgehead atoms. The molecule has 0 saturated heterocycles. The topological polar surface area (TPSA) is 63.4 Å². The van der Waals surface area contributed by atoms with Gasteiger partial charge in [0.05, 0.1) is 13.1 Å². The Morgan fingerprint density at radius 1 is 1.32 bits per heavy atom. The van der Waals surface area contributed by atoms with Gasteiger partial charge in [-0.1, -0.05) is 41.4 Å². The van der Waals surface area contributed by atoms with Crippen LogP contribution >= 0.6 is 15.9 Å². The molecule has 5 heteroatoms. The molecule has 1 aromatic rings. The van der Waals surface area contributed by atoms with E-state index in [4.69, 9.17) is 5.73 Å². The largest absolute Gasteiger partial charge is 0.369 e. The van der Waals surface area contributed by atoms with Gasteiger partial charge in [-0.3, -0.25) is 14.5 Å². The van der Waals surface area contributed by atoms with Crippen LogP contribution < -0.4 is 5.73 Å². The molecule has 1 amide bonds. The Labute approximate surface area is 122 Å². The lowest BCUT2D eigenvalue weighted by Gasteiger charge is -2.19. The van der Waals surface area contributed by atoms with Gasteiger partial charge in [0, 0.05) is 10.0 Å². The summed E-state index contributed by atoms with van der Waals surface area (Å²) in [6.07, 6.45) is 1.96. The molecule has 0 aliphatic heterocycles. The number of hydrogen-bond acceptors (Lipinski definition) is 3. The number of Topliss-reactive ketones (excluding diaryl/α,β-unsaturated/α-hetero) is 1. The smallest absolute Gasteiger partial charge is 0.231 e. The summed E-state index contributed by atoms with van der Waals surface area (Å²) in [4.78, 5) is 24.9. The summed E-state index contributed by atoms with van der Waals surface area (Å²) in [6, 6.07) is 7.25. The lowest BCUT2D eigenvalue weighted by atomic mass is 10.1. The van der Waals surface area contributed by atoms with Crippen LogP contribution in [-0.2, 0) is 4.79 Å². The summed E-state index contributed by atoms with van der Waals surface area (Å²) < 4.78 is 0.869. The Kier molecular flexibility index (Phi) is 6.73. The molecule has 0 atom stereocenters. The van der Waals surface area contributed by atoms with Crippen LogP contribution in [-0.4, -0.2) is 36.2 Å². The predicted octanol–water partition coefficient (Wildman–Crippen LogP) is 2.22. The second-order valence-corrected chi connectivity index (χ2v) is 5.38. The van der Waals surface area contributed by atoms with Crippen LogP contribution in [0.5, 0.6) is 0 Å². The van der Waals surface area contributed by atoms with E-state index in [0.29, 0.717) is 12.1 Å². The van der Waals surface area contributed by atoms with Gasteiger partial charge in [0.25, 0.3) is 0 Å². The van der Waals surface area contributed by atoms with E-state index in [9.17, 15) is 9.59 Å². The lowest BCUT2D eigenvalue weighted by molar-refractivity contribution is -0.119. The van der Waals surface area contributed by atoms with E-state index in [-0.39, 0.29) is 18.9 Å². The van der Waals surface area contributed by atoms with Gasteiger partial charge in [0.15, 0.2) is 5.78 Å². The van der Waals surface area contributed by atoms with Gasteiger partial charge in [-0.2, -0.15) is 0 Å². The van der Waals surface area contributed by atoms with Gasteiger partial charge in [-0.15, -0.1) is 0 Å². The fourth-order valence-electron chi connectivity index (χ4n) is 1.77. The number of amides is 1. The van der Waals surface area contributed by atoms with Crippen molar-refractivity contribution in [1.29, 1.82) is 0 Å². The highest BCUT2D eigenvalue weighted by atomic mass is 79.9. The molecule has 0 saturated carbocycles. The van der Waals surface area contributed by atoms with Gasteiger partial charge < -0.3 is 5.73 Å². The standard InChI is InChI=1S/C14H19BrN2O2/c1-2-3-7-17(10-14(16)19)9-13(18)11-5-4-6-12(15)8-11/h4-6,8H,2-3,7,9-10H2,1H3,(H2,16,19). The molecule has 0 aliphatic carbocycles. The average molecular weight is 327 g/mol. The second-order valence-electron chi connectivity index (χ2n) is 4.46. The maximum Gasteiger partial charge on any atom is 0.231 e. The second kappa shape index (κ2) is 8.07. The van der Waals surface area contributed by atoms with Crippen molar-refractivity contribution in [2.24, 2.45) is 5.73 Å². The van der Waals surface area contributed by atoms with Gasteiger partial charge in [0.1, 0.15) is 0 Å². The first-order valence-electron chi connectivity index (χ1n) is 6.32. The Bertz CT molecular complexity index is 449. The number of nitrogens with zero attached hydrogens (tertiary/aromatic N) is 1. The van der Waals surface area contributed by atoms with Crippen molar-refractivity contribution < 1.29 is 9.59 Å². The zero-order valence-electron chi connectivity index (χ0n) is 11.1. The summed E-state index contributed by atoms with van der Waals surface area (Å²) in [7, 11) is 0. The van der Waals surface area contributed by atoms with Crippen molar-refractivity contribution in [3.05, 3.63) is 34.3 Å². The molecule has 1 rings (SSSR count). The predicted molar refractivity (Wildman–Crippen MR) is 79.0 cm³/mol. The van der Waals surface area contributed by atoms with E-state index in [1.54, 1.807) is 17.0 Å². The molecule has 0 fully saturated rings. The fraction of sp³-hybridized carbons (Fsp3) is 0.429. The molecule has 2 N–H and O–H groups in total. The number of benzene rings is 1. The maximum atomic E-state index is 12.1. The minimum atomic E-state index is -0.404. The highest BCUT2D eigenvalue weighted by molar-refractivity contribution is 9.10. The fourth-order valence-corrected chi connectivity index (χ4v) is 2.17. The summed E-state index contributed by atoms with van der Waals surface area (Å²) in [5.41, 5.74) is 5.84. The SMILES string of the molecule is CCCCN(CC(N)=O)CC(=O)c1cccc(Br)c1. The molecule has 0 aliphatic rings. The quantitative estimate of drug-likeness (QED) is 0.745. The Morgan fingerprint density at radius 2 is 2.05 bits per heavy atom. The van der Waals surface area contributed by atoms with Gasteiger partial charge in [-0.25, -0.2) is 0 Å². The first-order valence-corrected chi connectivity index (χ1v) is 7.11. The number of carbonyl (C=O) groups excluding carboxylic acids is 2. The molecule has 0 heterocycles. The molecule has 0 radical (unpaired) electrons. The van der Waals surface area contributed by atoms with Crippen LogP contribution in [0.4, 0.5) is 0 Å². The van der Waals surface area contributed by atoms with Crippen LogP contribution in [0.3, 0.4) is 0 Å². The summed E-state index contributed by atoms with van der Waals surface area (Å²) >= 11 is 3.34. The number of halogens is 1. The first-order chi connectivity index (χ1) is 9.02. The number of carbonyl (C=O) groups is 2. The zero-order valence-corrected chi connectivity index (χ0v) is 12.6. The molecule has 0 aromatic heterocycles. The van der Waals surface area contributed by atoms with E-state index < -0.39 is 5.91 Å². The minimum absolute atomic E-state index is 0.00125. The molecule has 4 nitrogen and oxygen atoms in total.